The number of nitrogens with zero attached hydrogens (tertiary/aromatic N) is 5. The third-order valence-corrected chi connectivity index (χ3v) is 2.35. The van der Waals surface area contributed by atoms with Crippen molar-refractivity contribution >= 4 is 23.2 Å². The third-order valence-electron chi connectivity index (χ3n) is 2.35. The second kappa shape index (κ2) is 7.48. The summed E-state index contributed by atoms with van der Waals surface area (Å²) >= 11 is 0. The van der Waals surface area contributed by atoms with Gasteiger partial charge in [-0.2, -0.15) is 4.79 Å². The fourth-order valence-corrected chi connectivity index (χ4v) is 1.31. The number of ether oxygens (including phenoxy) is 1. The molecule has 0 aromatic heterocycles. The molecule has 102 valence electrons. The molecular weight excluding hydrogens is 262 g/mol. The SMILES string of the molecule is CCC(=O)C(=[N+]=[N-])C(=O)OCc1ccc(N=[N+]=[N-])cc1. The lowest BCUT2D eigenvalue weighted by atomic mass is 10.2. The smallest absolute Gasteiger partial charge is 0.441 e. The molecule has 0 N–H and O–H groups in total. The average molecular weight is 273 g/mol. The maximum atomic E-state index is 11.5. The van der Waals surface area contributed by atoms with E-state index in [0.29, 0.717) is 11.3 Å². The maximum absolute atomic E-state index is 11.5. The van der Waals surface area contributed by atoms with Gasteiger partial charge in [0.15, 0.2) is 0 Å². The molecule has 0 saturated carbocycles. The van der Waals surface area contributed by atoms with Gasteiger partial charge in [0.25, 0.3) is 5.78 Å². The number of ketones is 1. The van der Waals surface area contributed by atoms with Gasteiger partial charge in [-0.15, -0.1) is 0 Å². The molecule has 0 heterocycles. The Balaban J connectivity index is 2.67. The van der Waals surface area contributed by atoms with Crippen LogP contribution in [-0.2, 0) is 20.9 Å². The molecule has 0 unspecified atom stereocenters. The molecule has 0 aliphatic rings. The second-order valence-electron chi connectivity index (χ2n) is 3.66. The summed E-state index contributed by atoms with van der Waals surface area (Å²) in [4.78, 5) is 28.1. The van der Waals surface area contributed by atoms with Gasteiger partial charge in [0, 0.05) is 17.0 Å². The Hall–Kier alpha value is -2.95. The summed E-state index contributed by atoms with van der Waals surface area (Å²) in [5.41, 5.74) is 17.3. The summed E-state index contributed by atoms with van der Waals surface area (Å²) in [5.74, 6) is -1.59. The van der Waals surface area contributed by atoms with Crippen LogP contribution >= 0.6 is 0 Å². The maximum Gasteiger partial charge on any atom is 0.441 e. The molecule has 0 saturated heterocycles. The molecular formula is C12H11N5O3. The van der Waals surface area contributed by atoms with Crippen LogP contribution in [-0.4, -0.2) is 22.3 Å². The van der Waals surface area contributed by atoms with Crippen molar-refractivity contribution in [1.82, 2.24) is 0 Å². The largest absolute Gasteiger partial charge is 0.452 e. The topological polar surface area (TPSA) is 129 Å². The van der Waals surface area contributed by atoms with Crippen LogP contribution in [0.4, 0.5) is 5.69 Å². The molecule has 0 amide bonds. The lowest BCUT2D eigenvalue weighted by Crippen LogP contribution is -2.26. The molecule has 1 aromatic carbocycles. The first-order chi connectivity index (χ1) is 9.62. The summed E-state index contributed by atoms with van der Waals surface area (Å²) < 4.78 is 4.85. The highest BCUT2D eigenvalue weighted by Crippen LogP contribution is 2.13. The number of Topliss-reactive ketones (excluding diaryl/α,β-unsaturated/α-hetero) is 1. The van der Waals surface area contributed by atoms with Gasteiger partial charge in [0.1, 0.15) is 6.61 Å². The molecule has 8 heteroatoms. The summed E-state index contributed by atoms with van der Waals surface area (Å²) in [6.45, 7) is 1.45. The van der Waals surface area contributed by atoms with Crippen LogP contribution in [0.5, 0.6) is 0 Å². The molecule has 0 aliphatic heterocycles. The Labute approximate surface area is 114 Å². The van der Waals surface area contributed by atoms with Crippen molar-refractivity contribution in [1.29, 1.82) is 0 Å². The Morgan fingerprint density at radius 1 is 1.25 bits per heavy atom. The zero-order chi connectivity index (χ0) is 15.0. The Morgan fingerprint density at radius 2 is 1.90 bits per heavy atom. The Bertz CT molecular complexity index is 610. The minimum absolute atomic E-state index is 0.0371. The monoisotopic (exact) mass is 273 g/mol. The fourth-order valence-electron chi connectivity index (χ4n) is 1.31. The van der Waals surface area contributed by atoms with Crippen LogP contribution in [0.15, 0.2) is 29.4 Å². The highest BCUT2D eigenvalue weighted by molar-refractivity contribution is 6.62. The van der Waals surface area contributed by atoms with Gasteiger partial charge < -0.3 is 10.3 Å². The first kappa shape index (κ1) is 15.1. The van der Waals surface area contributed by atoms with Crippen LogP contribution in [0.2, 0.25) is 0 Å². The number of esters is 1. The van der Waals surface area contributed by atoms with Gasteiger partial charge in [-0.3, -0.25) is 4.79 Å². The molecule has 0 fully saturated rings. The second-order valence-corrected chi connectivity index (χ2v) is 3.66. The summed E-state index contributed by atoms with van der Waals surface area (Å²) in [7, 11) is 0. The minimum Gasteiger partial charge on any atom is -0.452 e. The van der Waals surface area contributed by atoms with Crippen LogP contribution in [0.3, 0.4) is 0 Å². The Morgan fingerprint density at radius 3 is 2.40 bits per heavy atom. The predicted molar refractivity (Wildman–Crippen MR) is 69.0 cm³/mol. The molecule has 0 atom stereocenters. The molecule has 20 heavy (non-hydrogen) atoms. The van der Waals surface area contributed by atoms with Crippen molar-refractivity contribution < 1.29 is 19.1 Å². The van der Waals surface area contributed by atoms with Crippen LogP contribution < -0.4 is 0 Å². The van der Waals surface area contributed by atoms with Crippen molar-refractivity contribution in [2.45, 2.75) is 20.0 Å². The number of carbonyl (C=O) groups is 2. The predicted octanol–water partition coefficient (Wildman–Crippen LogP) is 2.32. The van der Waals surface area contributed by atoms with Gasteiger partial charge in [0.2, 0.25) is 0 Å². The van der Waals surface area contributed by atoms with Gasteiger partial charge in [-0.05, 0) is 11.1 Å². The Kier molecular flexibility index (Phi) is 5.65. The van der Waals surface area contributed by atoms with E-state index in [1.807, 2.05) is 0 Å². The first-order valence-electron chi connectivity index (χ1n) is 5.68. The molecule has 0 spiro atoms. The molecule has 0 radical (unpaired) electrons. The lowest BCUT2D eigenvalue weighted by molar-refractivity contribution is -0.143. The van der Waals surface area contributed by atoms with E-state index >= 15 is 0 Å². The van der Waals surface area contributed by atoms with E-state index in [1.54, 1.807) is 24.3 Å². The number of azide groups is 1. The van der Waals surface area contributed by atoms with Crippen LogP contribution in [0.1, 0.15) is 18.9 Å². The van der Waals surface area contributed by atoms with E-state index < -0.39 is 17.5 Å². The molecule has 0 aliphatic carbocycles. The molecule has 1 rings (SSSR count). The highest BCUT2D eigenvalue weighted by atomic mass is 16.5. The molecule has 0 bridgehead atoms. The zero-order valence-corrected chi connectivity index (χ0v) is 10.7. The van der Waals surface area contributed by atoms with Crippen molar-refractivity contribution in [2.75, 3.05) is 0 Å². The zero-order valence-electron chi connectivity index (χ0n) is 10.7. The van der Waals surface area contributed by atoms with E-state index in [4.69, 9.17) is 15.8 Å². The van der Waals surface area contributed by atoms with Crippen molar-refractivity contribution in [3.63, 3.8) is 0 Å². The summed E-state index contributed by atoms with van der Waals surface area (Å²) in [6, 6.07) is 6.33. The number of hydrogen-bond acceptors (Lipinski definition) is 4. The third kappa shape index (κ3) is 4.06. The van der Waals surface area contributed by atoms with Crippen molar-refractivity contribution in [3.05, 3.63) is 45.8 Å². The first-order valence-corrected chi connectivity index (χ1v) is 5.68. The molecule has 1 aromatic rings. The van der Waals surface area contributed by atoms with Gasteiger partial charge >= 0.3 is 11.7 Å². The summed E-state index contributed by atoms with van der Waals surface area (Å²) in [6.07, 6.45) is 0.0371. The van der Waals surface area contributed by atoms with Gasteiger partial charge in [-0.1, -0.05) is 36.3 Å². The van der Waals surface area contributed by atoms with E-state index in [2.05, 4.69) is 14.8 Å². The van der Waals surface area contributed by atoms with Gasteiger partial charge in [0.05, 0.1) is 0 Å². The van der Waals surface area contributed by atoms with E-state index in [-0.39, 0.29) is 13.0 Å². The fraction of sp³-hybridized carbons (Fsp3) is 0.250. The number of benzene rings is 1. The summed E-state index contributed by atoms with van der Waals surface area (Å²) in [5, 5.41) is 3.39. The normalized spacial score (nSPS) is 9.05. The van der Waals surface area contributed by atoms with Crippen molar-refractivity contribution in [3.8, 4) is 0 Å². The van der Waals surface area contributed by atoms with Crippen LogP contribution in [0, 0.1) is 0 Å². The lowest BCUT2D eigenvalue weighted by Gasteiger charge is -2.02. The van der Waals surface area contributed by atoms with Gasteiger partial charge in [-0.25, -0.2) is 4.79 Å². The average Bonchev–Trinajstić information content (AvgIpc) is 2.47. The number of carbonyl (C=O) groups excluding carboxylic acids is 2. The number of hydrogen-bond donors (Lipinski definition) is 0. The van der Waals surface area contributed by atoms with Crippen molar-refractivity contribution in [2.24, 2.45) is 5.11 Å². The quantitative estimate of drug-likeness (QED) is 0.197. The minimum atomic E-state index is -0.988. The standard InChI is InChI=1S/C12H11N5O3/c1-2-10(18)11(15-13)12(19)20-7-8-3-5-9(6-4-8)16-17-14/h3-6H,2,7H2,1H3. The van der Waals surface area contributed by atoms with E-state index in [0.717, 1.165) is 0 Å². The number of rotatable bonds is 6. The van der Waals surface area contributed by atoms with E-state index in [1.165, 1.54) is 6.92 Å². The highest BCUT2D eigenvalue weighted by Gasteiger charge is 2.29. The molecule has 8 nitrogen and oxygen atoms in total. The van der Waals surface area contributed by atoms with E-state index in [9.17, 15) is 9.59 Å². The van der Waals surface area contributed by atoms with Crippen LogP contribution in [0.25, 0.3) is 16.0 Å².